The molecule has 0 unspecified atom stereocenters. The van der Waals surface area contributed by atoms with Gasteiger partial charge in [0, 0.05) is 44.0 Å². The first kappa shape index (κ1) is 44.7. The van der Waals surface area contributed by atoms with Crippen molar-refractivity contribution in [3.05, 3.63) is 30.6 Å². The van der Waals surface area contributed by atoms with Gasteiger partial charge in [-0.05, 0) is 93.0 Å². The summed E-state index contributed by atoms with van der Waals surface area (Å²) in [5.41, 5.74) is -2.42. The minimum absolute atomic E-state index is 0.129. The number of ether oxygens (including phenoxy) is 5. The van der Waals surface area contributed by atoms with E-state index in [1.165, 1.54) is 21.0 Å². The van der Waals surface area contributed by atoms with E-state index in [0.29, 0.717) is 25.9 Å². The molecule has 57 heavy (non-hydrogen) atoms. The number of likely N-dealkylation sites (N-methyl/N-ethyl adjacent to an activating group) is 1. The zero-order valence-corrected chi connectivity index (χ0v) is 36.0. The van der Waals surface area contributed by atoms with Gasteiger partial charge in [-0.15, -0.1) is 0 Å². The number of Topliss-reactive ketones (excluding diaryl/α,β-unsaturated/α-hetero) is 2. The number of ketones is 2. The molecule has 0 saturated carbocycles. The van der Waals surface area contributed by atoms with Gasteiger partial charge in [-0.1, -0.05) is 39.8 Å². The minimum Gasteiger partial charge on any atom is -0.457 e. The number of esters is 1. The number of aryl methyl sites for hydroxylation is 1. The Hall–Kier alpha value is -3.43. The predicted molar refractivity (Wildman–Crippen MR) is 213 cm³/mol. The summed E-state index contributed by atoms with van der Waals surface area (Å²) >= 11 is 0. The third kappa shape index (κ3) is 8.66. The smallest absolute Gasteiger partial charge is 0.410 e. The van der Waals surface area contributed by atoms with Crippen molar-refractivity contribution in [1.29, 1.82) is 0 Å². The van der Waals surface area contributed by atoms with Crippen molar-refractivity contribution < 1.29 is 48.0 Å². The average molecular weight is 799 g/mol. The molecule has 4 heterocycles. The molecule has 14 nitrogen and oxygen atoms in total. The van der Waals surface area contributed by atoms with Crippen LogP contribution in [0.5, 0.6) is 0 Å². The van der Waals surface area contributed by atoms with Crippen LogP contribution >= 0.6 is 0 Å². The zero-order chi connectivity index (χ0) is 42.2. The molecule has 3 fully saturated rings. The van der Waals surface area contributed by atoms with E-state index < -0.39 is 82.9 Å². The lowest BCUT2D eigenvalue weighted by Gasteiger charge is -2.47. The first-order valence-corrected chi connectivity index (χ1v) is 20.6. The summed E-state index contributed by atoms with van der Waals surface area (Å²) in [7, 11) is 5.25. The Balaban J connectivity index is 1.49. The Labute approximate surface area is 337 Å². The van der Waals surface area contributed by atoms with Crippen molar-refractivity contribution in [3.8, 4) is 0 Å². The number of carbonyl (C=O) groups excluding carboxylic acids is 4. The van der Waals surface area contributed by atoms with Gasteiger partial charge >= 0.3 is 12.1 Å². The quantitative estimate of drug-likeness (QED) is 0.185. The maximum Gasteiger partial charge on any atom is 0.410 e. The summed E-state index contributed by atoms with van der Waals surface area (Å²) in [6.45, 7) is 16.6. The highest BCUT2D eigenvalue weighted by Crippen LogP contribution is 2.44. The fourth-order valence-corrected chi connectivity index (χ4v) is 9.64. The molecule has 0 bridgehead atoms. The summed E-state index contributed by atoms with van der Waals surface area (Å²) < 4.78 is 33.5. The molecule has 1 aromatic carbocycles. The number of methoxy groups -OCH3 is 1. The van der Waals surface area contributed by atoms with Crippen LogP contribution in [0.3, 0.4) is 0 Å². The molecular formula is C43H66N4O10. The van der Waals surface area contributed by atoms with E-state index in [0.717, 1.165) is 17.5 Å². The Bertz CT molecular complexity index is 1760. The lowest BCUT2D eigenvalue weighted by atomic mass is 9.71. The molecule has 3 saturated heterocycles. The molecule has 1 amide bonds. The van der Waals surface area contributed by atoms with Gasteiger partial charge in [0.1, 0.15) is 23.4 Å². The highest BCUT2D eigenvalue weighted by atomic mass is 16.7. The van der Waals surface area contributed by atoms with Crippen molar-refractivity contribution in [2.45, 2.75) is 155 Å². The zero-order valence-electron chi connectivity index (χ0n) is 36.0. The number of hydrogen-bond acceptors (Lipinski definition) is 12. The maximum atomic E-state index is 14.7. The summed E-state index contributed by atoms with van der Waals surface area (Å²) in [4.78, 5) is 65.5. The highest BCUT2D eigenvalue weighted by molar-refractivity contribution is 6.04. The van der Waals surface area contributed by atoms with Gasteiger partial charge in [-0.2, -0.15) is 0 Å². The number of nitrogens with zero attached hydrogens (tertiary/aromatic N) is 4. The number of aromatic nitrogens is 2. The SMILES string of the molecule is CC[C@H]1OC(=O)C(C)(C)C(=O)[C@H](C)[C@@H](O[C@@H]2O[C@H](C)C[C@H](N(C)C)[C@H]2O)[C@](C)(OC)C[C@@H](C)C(=O)[C@H](C)[C@H]2N(CCCCn3cnc4ccccc43)C(=O)O[C@]12C. The second-order valence-corrected chi connectivity index (χ2v) is 17.8. The fraction of sp³-hybridized carbons (Fsp3) is 0.744. The van der Waals surface area contributed by atoms with E-state index in [2.05, 4.69) is 9.55 Å². The van der Waals surface area contributed by atoms with E-state index in [4.69, 9.17) is 23.7 Å². The van der Waals surface area contributed by atoms with Crippen molar-refractivity contribution >= 4 is 34.7 Å². The molecule has 12 atom stereocenters. The molecule has 3 aliphatic rings. The number of hydrogen-bond donors (Lipinski definition) is 1. The van der Waals surface area contributed by atoms with Crippen molar-refractivity contribution in [1.82, 2.24) is 19.4 Å². The standard InChI is InChI=1S/C43H66N4O10/c1-13-32-43(9)35(47(40(52)57-43)21-17-16-20-46-24-44-29-18-14-15-19-30(29)46)27(4)33(48)25(2)23-42(8,53-12)37(28(5)36(50)41(6,7)39(51)55-32)56-38-34(49)31(45(10)11)22-26(3)54-38/h14-15,18-19,24-28,31-32,34-35,37-38,49H,13,16-17,20-23H2,1-12H3/t25-,26-,27+,28+,31+,32-,34-,35-,37-,38+,42-,43-/m1/s1. The molecule has 2 aromatic rings. The van der Waals surface area contributed by atoms with Crippen molar-refractivity contribution in [3.63, 3.8) is 0 Å². The number of amides is 1. The number of unbranched alkanes of at least 4 members (excludes halogenated alkanes) is 1. The van der Waals surface area contributed by atoms with E-state index >= 15 is 0 Å². The van der Waals surface area contributed by atoms with Gasteiger partial charge in [0.15, 0.2) is 17.7 Å². The summed E-state index contributed by atoms with van der Waals surface area (Å²) in [5, 5.41) is 11.5. The summed E-state index contributed by atoms with van der Waals surface area (Å²) in [6.07, 6.45) is -0.936. The molecule has 1 aromatic heterocycles. The lowest BCUT2D eigenvalue weighted by Crippen LogP contribution is -2.61. The Morgan fingerprint density at radius 1 is 0.982 bits per heavy atom. The number of cyclic esters (lactones) is 1. The third-order valence-corrected chi connectivity index (χ3v) is 13.0. The topological polar surface area (TPSA) is 159 Å². The van der Waals surface area contributed by atoms with Crippen LogP contribution in [0, 0.1) is 23.2 Å². The molecule has 318 valence electrons. The maximum absolute atomic E-state index is 14.7. The van der Waals surface area contributed by atoms with Crippen LogP contribution in [0.4, 0.5) is 4.79 Å². The van der Waals surface area contributed by atoms with Crippen LogP contribution < -0.4 is 0 Å². The normalized spacial score (nSPS) is 36.9. The fourth-order valence-electron chi connectivity index (χ4n) is 9.64. The van der Waals surface area contributed by atoms with Crippen LogP contribution in [0.15, 0.2) is 30.6 Å². The lowest BCUT2D eigenvalue weighted by molar-refractivity contribution is -0.295. The monoisotopic (exact) mass is 798 g/mol. The minimum atomic E-state index is -1.67. The second kappa shape index (κ2) is 17.4. The number of carbonyl (C=O) groups is 4. The van der Waals surface area contributed by atoms with E-state index in [-0.39, 0.29) is 30.8 Å². The second-order valence-electron chi connectivity index (χ2n) is 17.8. The van der Waals surface area contributed by atoms with Gasteiger partial charge < -0.3 is 43.2 Å². The van der Waals surface area contributed by atoms with Gasteiger partial charge in [-0.25, -0.2) is 9.78 Å². The molecule has 14 heteroatoms. The number of imidazole rings is 1. The van der Waals surface area contributed by atoms with E-state index in [1.54, 1.807) is 32.6 Å². The number of fused-ring (bicyclic) bond motifs is 2. The number of benzene rings is 1. The Kier molecular flexibility index (Phi) is 13.7. The number of para-hydroxylation sites is 2. The van der Waals surface area contributed by atoms with E-state index in [9.17, 15) is 24.3 Å². The Morgan fingerprint density at radius 2 is 1.65 bits per heavy atom. The third-order valence-electron chi connectivity index (χ3n) is 13.0. The van der Waals surface area contributed by atoms with Crippen LogP contribution in [0.1, 0.15) is 94.4 Å². The summed E-state index contributed by atoms with van der Waals surface area (Å²) in [5.74, 6) is -3.77. The van der Waals surface area contributed by atoms with Crippen molar-refractivity contribution in [2.24, 2.45) is 23.2 Å². The number of aliphatic hydroxyl groups excluding tert-OH is 1. The van der Waals surface area contributed by atoms with Crippen molar-refractivity contribution in [2.75, 3.05) is 27.7 Å². The molecule has 0 radical (unpaired) electrons. The highest BCUT2D eigenvalue weighted by Gasteiger charge is 2.61. The number of aliphatic hydroxyl groups is 1. The number of rotatable bonds is 10. The molecule has 0 aliphatic carbocycles. The average Bonchev–Trinajstić information content (AvgIpc) is 3.70. The Morgan fingerprint density at radius 3 is 2.30 bits per heavy atom. The van der Waals surface area contributed by atoms with E-state index in [1.807, 2.05) is 70.4 Å². The van der Waals surface area contributed by atoms with Crippen LogP contribution in [0.2, 0.25) is 0 Å². The molecule has 3 aliphatic heterocycles. The first-order valence-electron chi connectivity index (χ1n) is 20.6. The van der Waals surface area contributed by atoms with Gasteiger partial charge in [-0.3, -0.25) is 14.4 Å². The molecular weight excluding hydrogens is 732 g/mol. The van der Waals surface area contributed by atoms with Gasteiger partial charge in [0.2, 0.25) is 0 Å². The summed E-state index contributed by atoms with van der Waals surface area (Å²) in [6, 6.07) is 6.84. The largest absolute Gasteiger partial charge is 0.457 e. The van der Waals surface area contributed by atoms with Gasteiger partial charge in [0.05, 0.1) is 41.2 Å². The van der Waals surface area contributed by atoms with Crippen LogP contribution in [-0.2, 0) is 44.6 Å². The first-order chi connectivity index (χ1) is 26.7. The molecule has 5 rings (SSSR count). The van der Waals surface area contributed by atoms with Crippen LogP contribution in [-0.4, -0.2) is 130 Å². The van der Waals surface area contributed by atoms with Gasteiger partial charge in [0.25, 0.3) is 0 Å². The molecule has 1 N–H and O–H groups in total. The van der Waals surface area contributed by atoms with Crippen LogP contribution in [0.25, 0.3) is 11.0 Å². The predicted octanol–water partition coefficient (Wildman–Crippen LogP) is 5.41. The molecule has 0 spiro atoms.